The van der Waals surface area contributed by atoms with Crippen molar-refractivity contribution in [3.63, 3.8) is 0 Å². The van der Waals surface area contributed by atoms with Gasteiger partial charge in [-0.1, -0.05) is 6.58 Å². The second-order valence-corrected chi connectivity index (χ2v) is 7.09. The first kappa shape index (κ1) is 18.8. The number of carbonyl (C=O) groups is 2. The molecule has 2 aromatic rings. The first-order valence-electron chi connectivity index (χ1n) is 8.40. The van der Waals surface area contributed by atoms with E-state index in [0.29, 0.717) is 18.9 Å². The van der Waals surface area contributed by atoms with Crippen molar-refractivity contribution >= 4 is 40.0 Å². The lowest BCUT2D eigenvalue weighted by atomic mass is 10.2. The minimum absolute atomic E-state index is 0.0630. The molecule has 1 aliphatic rings. The molecule has 2 aromatic heterocycles. The van der Waals surface area contributed by atoms with Crippen LogP contribution in [0.1, 0.15) is 22.6 Å². The molecule has 3 N–H and O–H groups in total. The molecule has 3 heterocycles. The maximum absolute atomic E-state index is 11.8. The topological polar surface area (TPSA) is 117 Å². The Hall–Kier alpha value is -3.01. The number of primary amides is 1. The van der Waals surface area contributed by atoms with Crippen LogP contribution in [-0.4, -0.2) is 57.2 Å². The van der Waals surface area contributed by atoms with Crippen LogP contribution in [0, 0.1) is 6.92 Å². The zero-order valence-electron chi connectivity index (χ0n) is 15.2. The zero-order valence-corrected chi connectivity index (χ0v) is 16.0. The van der Waals surface area contributed by atoms with Crippen molar-refractivity contribution < 1.29 is 9.59 Å². The van der Waals surface area contributed by atoms with E-state index in [1.54, 1.807) is 4.90 Å². The summed E-state index contributed by atoms with van der Waals surface area (Å²) in [4.78, 5) is 35.9. The second kappa shape index (κ2) is 7.70. The van der Waals surface area contributed by atoms with Crippen molar-refractivity contribution in [2.45, 2.75) is 19.4 Å². The predicted molar refractivity (Wildman–Crippen MR) is 104 cm³/mol. The molecule has 0 saturated carbocycles. The molecule has 2 amide bonds. The van der Waals surface area contributed by atoms with Gasteiger partial charge < -0.3 is 20.9 Å². The van der Waals surface area contributed by atoms with Gasteiger partial charge in [-0.2, -0.15) is 4.37 Å². The third-order valence-corrected chi connectivity index (χ3v) is 5.22. The van der Waals surface area contributed by atoms with Crippen LogP contribution >= 0.6 is 11.5 Å². The van der Waals surface area contributed by atoms with Crippen molar-refractivity contribution in [1.29, 1.82) is 0 Å². The number of hydrogen-bond acceptors (Lipinski definition) is 8. The highest BCUT2D eigenvalue weighted by Crippen LogP contribution is 2.26. The first-order chi connectivity index (χ1) is 12.9. The van der Waals surface area contributed by atoms with Crippen molar-refractivity contribution in [2.24, 2.45) is 5.73 Å². The number of nitrogens with one attached hydrogen (secondary N) is 1. The summed E-state index contributed by atoms with van der Waals surface area (Å²) in [7, 11) is 1.89. The Kier molecular flexibility index (Phi) is 5.36. The average molecular weight is 387 g/mol. The number of likely N-dealkylation sites (N-methyl/N-ethyl adjacent to an activating group) is 1. The lowest BCUT2D eigenvalue weighted by molar-refractivity contribution is -0.125. The molecule has 1 atom stereocenters. The van der Waals surface area contributed by atoms with E-state index in [0.717, 1.165) is 17.1 Å². The summed E-state index contributed by atoms with van der Waals surface area (Å²) in [5.74, 6) is 0.127. The Morgan fingerprint density at radius 2 is 2.30 bits per heavy atom. The number of carbonyl (C=O) groups excluding carboxylic acids is 2. The van der Waals surface area contributed by atoms with E-state index >= 15 is 0 Å². The van der Waals surface area contributed by atoms with Crippen LogP contribution in [-0.2, 0) is 4.79 Å². The van der Waals surface area contributed by atoms with Gasteiger partial charge in [0, 0.05) is 26.2 Å². The summed E-state index contributed by atoms with van der Waals surface area (Å²) in [6.07, 6.45) is 3.65. The minimum Gasteiger partial charge on any atom is -0.364 e. The SMILES string of the molecule is C=CC(=O)N1CCC(N(C)c2cnc(C(N)=O)c(Nc3cc(C)ns3)n2)C1. The van der Waals surface area contributed by atoms with E-state index in [9.17, 15) is 9.59 Å². The van der Waals surface area contributed by atoms with Crippen LogP contribution in [0.5, 0.6) is 0 Å². The van der Waals surface area contributed by atoms with Gasteiger partial charge >= 0.3 is 0 Å². The fourth-order valence-corrected chi connectivity index (χ4v) is 3.59. The van der Waals surface area contributed by atoms with Crippen molar-refractivity contribution in [1.82, 2.24) is 19.2 Å². The van der Waals surface area contributed by atoms with E-state index < -0.39 is 5.91 Å². The number of nitrogens with two attached hydrogens (primary N) is 1. The van der Waals surface area contributed by atoms with Gasteiger partial charge in [0.25, 0.3) is 5.91 Å². The fraction of sp³-hybridized carbons (Fsp3) is 0.353. The number of amides is 2. The quantitative estimate of drug-likeness (QED) is 0.718. The largest absolute Gasteiger partial charge is 0.364 e. The number of aryl methyl sites for hydroxylation is 1. The lowest BCUT2D eigenvalue weighted by Gasteiger charge is -2.26. The van der Waals surface area contributed by atoms with Gasteiger partial charge in [-0.05, 0) is 37.0 Å². The van der Waals surface area contributed by atoms with Gasteiger partial charge in [0.1, 0.15) is 10.8 Å². The third kappa shape index (κ3) is 4.05. The molecule has 1 unspecified atom stereocenters. The molecular weight excluding hydrogens is 366 g/mol. The molecule has 27 heavy (non-hydrogen) atoms. The second-order valence-electron chi connectivity index (χ2n) is 6.29. The Labute approximate surface area is 161 Å². The molecule has 3 rings (SSSR count). The molecule has 0 aliphatic carbocycles. The molecule has 1 fully saturated rings. The third-order valence-electron chi connectivity index (χ3n) is 4.42. The monoisotopic (exact) mass is 387 g/mol. The molecule has 0 bridgehead atoms. The van der Waals surface area contributed by atoms with Gasteiger partial charge in [0.15, 0.2) is 11.5 Å². The number of rotatable bonds is 6. The summed E-state index contributed by atoms with van der Waals surface area (Å²) in [6, 6.07) is 1.95. The van der Waals surface area contributed by atoms with E-state index in [4.69, 9.17) is 5.73 Å². The van der Waals surface area contributed by atoms with E-state index in [1.165, 1.54) is 23.8 Å². The minimum atomic E-state index is -0.663. The number of aromatic nitrogens is 3. The van der Waals surface area contributed by atoms with Crippen molar-refractivity contribution in [3.05, 3.63) is 36.3 Å². The van der Waals surface area contributed by atoms with Crippen LogP contribution in [0.3, 0.4) is 0 Å². The summed E-state index contributed by atoms with van der Waals surface area (Å²) in [5.41, 5.74) is 6.35. The highest BCUT2D eigenvalue weighted by atomic mass is 32.1. The van der Waals surface area contributed by atoms with Crippen LogP contribution in [0.15, 0.2) is 24.9 Å². The zero-order chi connectivity index (χ0) is 19.6. The summed E-state index contributed by atoms with van der Waals surface area (Å²) in [5, 5.41) is 3.82. The number of nitrogens with zero attached hydrogens (tertiary/aromatic N) is 5. The van der Waals surface area contributed by atoms with E-state index in [-0.39, 0.29) is 23.5 Å². The summed E-state index contributed by atoms with van der Waals surface area (Å²) < 4.78 is 4.20. The predicted octanol–water partition coefficient (Wildman–Crippen LogP) is 1.31. The van der Waals surface area contributed by atoms with Crippen LogP contribution < -0.4 is 16.0 Å². The molecule has 1 saturated heterocycles. The van der Waals surface area contributed by atoms with E-state index in [2.05, 4.69) is 26.2 Å². The Bertz CT molecular complexity index is 882. The normalized spacial score (nSPS) is 16.2. The first-order valence-corrected chi connectivity index (χ1v) is 9.17. The molecule has 0 spiro atoms. The lowest BCUT2D eigenvalue weighted by Crippen LogP contribution is -2.36. The molecule has 0 aromatic carbocycles. The highest BCUT2D eigenvalue weighted by Gasteiger charge is 2.29. The molecular formula is C17H21N7O2S. The van der Waals surface area contributed by atoms with Gasteiger partial charge in [0.2, 0.25) is 5.91 Å². The van der Waals surface area contributed by atoms with Gasteiger partial charge in [-0.3, -0.25) is 9.59 Å². The van der Waals surface area contributed by atoms with Crippen LogP contribution in [0.2, 0.25) is 0 Å². The van der Waals surface area contributed by atoms with E-state index in [1.807, 2.05) is 24.9 Å². The van der Waals surface area contributed by atoms with Gasteiger partial charge in [-0.25, -0.2) is 9.97 Å². The summed E-state index contributed by atoms with van der Waals surface area (Å²) in [6.45, 7) is 6.65. The van der Waals surface area contributed by atoms with Gasteiger partial charge in [-0.15, -0.1) is 0 Å². The number of hydrogen-bond donors (Lipinski definition) is 2. The Morgan fingerprint density at radius 3 is 2.93 bits per heavy atom. The fourth-order valence-electron chi connectivity index (χ4n) is 2.93. The van der Waals surface area contributed by atoms with Crippen molar-refractivity contribution in [3.8, 4) is 0 Å². The molecule has 9 nitrogen and oxygen atoms in total. The Morgan fingerprint density at radius 1 is 1.52 bits per heavy atom. The van der Waals surface area contributed by atoms with Gasteiger partial charge in [0.05, 0.1) is 11.9 Å². The van der Waals surface area contributed by atoms with Crippen molar-refractivity contribution in [2.75, 3.05) is 30.4 Å². The Balaban J connectivity index is 1.83. The highest BCUT2D eigenvalue weighted by molar-refractivity contribution is 7.10. The van der Waals surface area contributed by atoms with Crippen LogP contribution in [0.25, 0.3) is 0 Å². The molecule has 1 aliphatic heterocycles. The number of likely N-dealkylation sites (tertiary alicyclic amines) is 1. The maximum Gasteiger partial charge on any atom is 0.271 e. The smallest absolute Gasteiger partial charge is 0.271 e. The summed E-state index contributed by atoms with van der Waals surface area (Å²) >= 11 is 1.26. The number of anilines is 3. The standard InChI is InChI=1S/C17H21N7O2S/c1-4-14(25)24-6-5-11(9-24)23(3)12-8-19-15(16(18)26)17(20-12)21-13-7-10(2)22-27-13/h4,7-8,11H,1,5-6,9H2,2-3H3,(H2,18,26)(H,20,21). The van der Waals surface area contributed by atoms with Crippen LogP contribution in [0.4, 0.5) is 16.6 Å². The maximum atomic E-state index is 11.8. The molecule has 0 radical (unpaired) electrons. The molecule has 10 heteroatoms. The average Bonchev–Trinajstić information content (AvgIpc) is 3.29. The molecule has 142 valence electrons.